The van der Waals surface area contributed by atoms with E-state index in [0.29, 0.717) is 12.3 Å². The van der Waals surface area contributed by atoms with Gasteiger partial charge >= 0.3 is 0 Å². The predicted molar refractivity (Wildman–Crippen MR) is 65.8 cm³/mol. The molecule has 0 radical (unpaired) electrons. The molecule has 0 saturated carbocycles. The van der Waals surface area contributed by atoms with E-state index in [1.807, 2.05) is 0 Å². The van der Waals surface area contributed by atoms with E-state index in [1.54, 1.807) is 0 Å². The highest BCUT2D eigenvalue weighted by atomic mass is 16.1. The van der Waals surface area contributed by atoms with Crippen LogP contribution in [0.2, 0.25) is 0 Å². The highest BCUT2D eigenvalue weighted by Gasteiger charge is 2.02. The molecule has 0 saturated heterocycles. The number of nitrogens with one attached hydrogen (secondary N) is 1. The molecular formula is C13H27NO. The Balaban J connectivity index is 3.24. The summed E-state index contributed by atoms with van der Waals surface area (Å²) < 4.78 is 0. The van der Waals surface area contributed by atoms with E-state index in [2.05, 4.69) is 33.0 Å². The van der Waals surface area contributed by atoms with Crippen LogP contribution < -0.4 is 5.32 Å². The fourth-order valence-electron chi connectivity index (χ4n) is 1.42. The Morgan fingerprint density at radius 3 is 2.20 bits per heavy atom. The van der Waals surface area contributed by atoms with Crippen molar-refractivity contribution in [3.63, 3.8) is 0 Å². The van der Waals surface area contributed by atoms with Gasteiger partial charge in [-0.25, -0.2) is 0 Å². The van der Waals surface area contributed by atoms with E-state index in [4.69, 9.17) is 0 Å². The van der Waals surface area contributed by atoms with Crippen molar-refractivity contribution in [3.05, 3.63) is 0 Å². The second-order valence-corrected chi connectivity index (χ2v) is 5.19. The number of carbonyl (C=O) groups is 1. The van der Waals surface area contributed by atoms with Crippen molar-refractivity contribution in [1.29, 1.82) is 0 Å². The molecule has 1 N–H and O–H groups in total. The van der Waals surface area contributed by atoms with Crippen LogP contribution in [0.3, 0.4) is 0 Å². The van der Waals surface area contributed by atoms with Crippen molar-refractivity contribution in [2.75, 3.05) is 6.54 Å². The summed E-state index contributed by atoms with van der Waals surface area (Å²) in [6.45, 7) is 9.53. The molecule has 2 nitrogen and oxygen atoms in total. The van der Waals surface area contributed by atoms with Gasteiger partial charge < -0.3 is 5.32 Å². The van der Waals surface area contributed by atoms with Crippen LogP contribution in [0.5, 0.6) is 0 Å². The Morgan fingerprint density at radius 2 is 1.67 bits per heavy atom. The molecule has 2 heteroatoms. The van der Waals surface area contributed by atoms with Gasteiger partial charge in [-0.2, -0.15) is 0 Å². The lowest BCUT2D eigenvalue weighted by molar-refractivity contribution is -0.121. The quantitative estimate of drug-likeness (QED) is 0.615. The maximum Gasteiger partial charge on any atom is 0.220 e. The zero-order chi connectivity index (χ0) is 11.7. The third kappa shape index (κ3) is 11.4. The van der Waals surface area contributed by atoms with E-state index in [9.17, 15) is 4.79 Å². The molecule has 90 valence electrons. The Labute approximate surface area is 94.8 Å². The number of carbonyl (C=O) groups excluding carboxylic acids is 1. The van der Waals surface area contributed by atoms with Crippen LogP contribution in [0.4, 0.5) is 0 Å². The summed E-state index contributed by atoms with van der Waals surface area (Å²) in [5.74, 6) is 1.56. The van der Waals surface area contributed by atoms with Crippen molar-refractivity contribution in [2.45, 2.75) is 59.8 Å². The lowest BCUT2D eigenvalue weighted by atomic mass is 10.0. The Kier molecular flexibility index (Phi) is 8.44. The number of hydrogen-bond donors (Lipinski definition) is 1. The molecule has 0 unspecified atom stereocenters. The maximum atomic E-state index is 11.3. The number of amides is 1. The third-order valence-corrected chi connectivity index (χ3v) is 2.39. The molecule has 0 bridgehead atoms. The van der Waals surface area contributed by atoms with Gasteiger partial charge in [0.2, 0.25) is 5.91 Å². The van der Waals surface area contributed by atoms with E-state index in [0.717, 1.165) is 18.9 Å². The molecule has 0 aromatic heterocycles. The molecular weight excluding hydrogens is 186 g/mol. The van der Waals surface area contributed by atoms with E-state index < -0.39 is 0 Å². The second kappa shape index (κ2) is 8.75. The molecule has 0 aromatic carbocycles. The Bertz CT molecular complexity index is 164. The van der Waals surface area contributed by atoms with Gasteiger partial charge in [-0.05, 0) is 18.3 Å². The molecule has 0 heterocycles. The minimum absolute atomic E-state index is 0.216. The van der Waals surface area contributed by atoms with Gasteiger partial charge in [0.05, 0.1) is 0 Å². The Hall–Kier alpha value is -0.530. The molecule has 0 aliphatic heterocycles. The molecule has 1 amide bonds. The van der Waals surface area contributed by atoms with Crippen LogP contribution in [0.25, 0.3) is 0 Å². The molecule has 0 fully saturated rings. The van der Waals surface area contributed by atoms with Crippen LogP contribution >= 0.6 is 0 Å². The molecule has 0 rings (SSSR count). The summed E-state index contributed by atoms with van der Waals surface area (Å²) in [6, 6.07) is 0. The van der Waals surface area contributed by atoms with Gasteiger partial charge in [0.15, 0.2) is 0 Å². The molecule has 15 heavy (non-hydrogen) atoms. The first-order valence-electron chi connectivity index (χ1n) is 6.29. The first kappa shape index (κ1) is 14.5. The van der Waals surface area contributed by atoms with Gasteiger partial charge in [0, 0.05) is 13.0 Å². The van der Waals surface area contributed by atoms with Crippen molar-refractivity contribution in [2.24, 2.45) is 11.8 Å². The normalized spacial score (nSPS) is 11.1. The largest absolute Gasteiger partial charge is 0.356 e. The standard InChI is InChI=1S/C13H27NO/c1-11(2)8-6-5-7-9-13(15)14-10-12(3)4/h11-12H,5-10H2,1-4H3,(H,14,15). The summed E-state index contributed by atoms with van der Waals surface area (Å²) in [4.78, 5) is 11.3. The van der Waals surface area contributed by atoms with Crippen molar-refractivity contribution in [1.82, 2.24) is 5.32 Å². The summed E-state index contributed by atoms with van der Waals surface area (Å²) >= 11 is 0. The van der Waals surface area contributed by atoms with Gasteiger partial charge in [-0.15, -0.1) is 0 Å². The Morgan fingerprint density at radius 1 is 1.00 bits per heavy atom. The summed E-state index contributed by atoms with van der Waals surface area (Å²) in [6.07, 6.45) is 5.47. The topological polar surface area (TPSA) is 29.1 Å². The minimum atomic E-state index is 0.216. The van der Waals surface area contributed by atoms with Gasteiger partial charge in [0.1, 0.15) is 0 Å². The van der Waals surface area contributed by atoms with Crippen LogP contribution in [0, 0.1) is 11.8 Å². The van der Waals surface area contributed by atoms with Gasteiger partial charge in [0.25, 0.3) is 0 Å². The zero-order valence-corrected chi connectivity index (χ0v) is 10.8. The third-order valence-electron chi connectivity index (χ3n) is 2.39. The predicted octanol–water partition coefficient (Wildman–Crippen LogP) is 3.37. The fourth-order valence-corrected chi connectivity index (χ4v) is 1.42. The van der Waals surface area contributed by atoms with E-state index in [1.165, 1.54) is 19.3 Å². The summed E-state index contributed by atoms with van der Waals surface area (Å²) in [5, 5.41) is 2.94. The SMILES string of the molecule is CC(C)CCCCCC(=O)NCC(C)C. The monoisotopic (exact) mass is 213 g/mol. The number of rotatable bonds is 8. The molecule has 0 aliphatic rings. The van der Waals surface area contributed by atoms with E-state index >= 15 is 0 Å². The van der Waals surface area contributed by atoms with Crippen LogP contribution in [-0.2, 0) is 4.79 Å². The number of hydrogen-bond acceptors (Lipinski definition) is 1. The average Bonchev–Trinajstić information content (AvgIpc) is 2.13. The second-order valence-electron chi connectivity index (χ2n) is 5.19. The first-order valence-corrected chi connectivity index (χ1v) is 6.29. The van der Waals surface area contributed by atoms with Crippen molar-refractivity contribution in [3.8, 4) is 0 Å². The molecule has 0 aliphatic carbocycles. The lowest BCUT2D eigenvalue weighted by Gasteiger charge is -2.07. The van der Waals surface area contributed by atoms with Crippen molar-refractivity contribution >= 4 is 5.91 Å². The minimum Gasteiger partial charge on any atom is -0.356 e. The fraction of sp³-hybridized carbons (Fsp3) is 0.923. The zero-order valence-electron chi connectivity index (χ0n) is 10.8. The average molecular weight is 213 g/mol. The van der Waals surface area contributed by atoms with Crippen LogP contribution in [-0.4, -0.2) is 12.5 Å². The van der Waals surface area contributed by atoms with Crippen LogP contribution in [0.15, 0.2) is 0 Å². The van der Waals surface area contributed by atoms with Crippen molar-refractivity contribution < 1.29 is 4.79 Å². The summed E-state index contributed by atoms with van der Waals surface area (Å²) in [7, 11) is 0. The number of unbranched alkanes of at least 4 members (excludes halogenated alkanes) is 2. The lowest BCUT2D eigenvalue weighted by Crippen LogP contribution is -2.26. The highest BCUT2D eigenvalue weighted by molar-refractivity contribution is 5.75. The molecule has 0 spiro atoms. The van der Waals surface area contributed by atoms with E-state index in [-0.39, 0.29) is 5.91 Å². The van der Waals surface area contributed by atoms with Crippen LogP contribution in [0.1, 0.15) is 59.8 Å². The molecule has 0 aromatic rings. The highest BCUT2D eigenvalue weighted by Crippen LogP contribution is 2.09. The smallest absolute Gasteiger partial charge is 0.220 e. The molecule has 0 atom stereocenters. The van der Waals surface area contributed by atoms with Gasteiger partial charge in [-0.1, -0.05) is 47.0 Å². The maximum absolute atomic E-state index is 11.3. The first-order chi connectivity index (χ1) is 7.02. The summed E-state index contributed by atoms with van der Waals surface area (Å²) in [5.41, 5.74) is 0. The van der Waals surface area contributed by atoms with Gasteiger partial charge in [-0.3, -0.25) is 4.79 Å².